The van der Waals surface area contributed by atoms with Crippen molar-refractivity contribution in [3.8, 4) is 0 Å². The largest absolute Gasteiger partial charge is 0.351 e. The molecule has 0 spiro atoms. The molecule has 0 aliphatic carbocycles. The summed E-state index contributed by atoms with van der Waals surface area (Å²) in [4.78, 5) is 18.4. The molecule has 6 nitrogen and oxygen atoms in total. The number of amides is 1. The van der Waals surface area contributed by atoms with Crippen LogP contribution in [0.25, 0.3) is 0 Å². The third kappa shape index (κ3) is 5.10. The molecule has 178 valence electrons. The van der Waals surface area contributed by atoms with Crippen molar-refractivity contribution in [2.24, 2.45) is 5.92 Å². The summed E-state index contributed by atoms with van der Waals surface area (Å²) in [6.07, 6.45) is 0. The zero-order chi connectivity index (χ0) is 24.4. The van der Waals surface area contributed by atoms with Gasteiger partial charge in [-0.25, -0.2) is 4.68 Å². The number of thioether (sulfide) groups is 1. The van der Waals surface area contributed by atoms with Gasteiger partial charge in [0.05, 0.1) is 12.0 Å². The van der Waals surface area contributed by atoms with Crippen LogP contribution in [-0.4, -0.2) is 26.7 Å². The Kier molecular flexibility index (Phi) is 6.59. The van der Waals surface area contributed by atoms with E-state index in [4.69, 9.17) is 10.1 Å². The summed E-state index contributed by atoms with van der Waals surface area (Å²) < 4.78 is 1.89. The number of nitrogens with zero attached hydrogens (tertiary/aromatic N) is 3. The van der Waals surface area contributed by atoms with Gasteiger partial charge in [-0.15, -0.1) is 5.10 Å². The third-order valence-corrected chi connectivity index (χ3v) is 7.23. The van der Waals surface area contributed by atoms with E-state index in [9.17, 15) is 4.79 Å². The van der Waals surface area contributed by atoms with Crippen molar-refractivity contribution < 1.29 is 4.79 Å². The number of rotatable bonds is 6. The Morgan fingerprint density at radius 1 is 1.00 bits per heavy atom. The zero-order valence-electron chi connectivity index (χ0n) is 20.1. The topological polar surface area (TPSA) is 71.8 Å². The third-order valence-electron chi connectivity index (χ3n) is 6.32. The quantitative estimate of drug-likeness (QED) is 0.337. The fraction of sp³-hybridized carbons (Fsp3) is 0.250. The molecular weight excluding hydrogens is 454 g/mol. The van der Waals surface area contributed by atoms with Gasteiger partial charge in [-0.05, 0) is 44.0 Å². The summed E-state index contributed by atoms with van der Waals surface area (Å²) in [5.41, 5.74) is 5.47. The second-order valence-electron chi connectivity index (χ2n) is 9.11. The first-order valence-corrected chi connectivity index (χ1v) is 12.8. The van der Waals surface area contributed by atoms with Gasteiger partial charge < -0.3 is 10.6 Å². The van der Waals surface area contributed by atoms with E-state index in [0.717, 1.165) is 17.0 Å². The lowest BCUT2D eigenvalue weighted by atomic mass is 9.85. The number of hydrogen-bond acceptors (Lipinski definition) is 5. The highest BCUT2D eigenvalue weighted by molar-refractivity contribution is 7.98. The molecule has 2 heterocycles. The van der Waals surface area contributed by atoms with Crippen LogP contribution < -0.4 is 10.6 Å². The molecule has 0 saturated heterocycles. The van der Waals surface area contributed by atoms with Gasteiger partial charge in [0.2, 0.25) is 17.0 Å². The molecule has 3 atom stereocenters. The molecule has 0 bridgehead atoms. The number of hydrogen-bond donors (Lipinski definition) is 2. The summed E-state index contributed by atoms with van der Waals surface area (Å²) in [5, 5.41) is 12.1. The van der Waals surface area contributed by atoms with E-state index in [1.54, 1.807) is 11.8 Å². The van der Waals surface area contributed by atoms with Crippen LogP contribution in [0, 0.1) is 19.8 Å². The van der Waals surface area contributed by atoms with Crippen LogP contribution in [0.15, 0.2) is 84.0 Å². The van der Waals surface area contributed by atoms with Crippen LogP contribution in [0.5, 0.6) is 0 Å². The maximum Gasteiger partial charge on any atom is 0.232 e. The van der Waals surface area contributed by atoms with E-state index in [0.29, 0.717) is 11.1 Å². The molecule has 0 fully saturated rings. The van der Waals surface area contributed by atoms with Gasteiger partial charge in [0.1, 0.15) is 0 Å². The highest BCUT2D eigenvalue weighted by atomic mass is 32.2. The first kappa shape index (κ1) is 23.2. The number of nitrogens with one attached hydrogen (secondary N) is 2. The lowest BCUT2D eigenvalue weighted by Crippen LogP contribution is -2.46. The second-order valence-corrected chi connectivity index (χ2v) is 10.1. The second kappa shape index (κ2) is 9.96. The van der Waals surface area contributed by atoms with E-state index >= 15 is 0 Å². The minimum Gasteiger partial charge on any atom is -0.351 e. The molecule has 7 heteroatoms. The maximum atomic E-state index is 13.6. The molecule has 4 aromatic rings. The van der Waals surface area contributed by atoms with Crippen LogP contribution in [-0.2, 0) is 10.5 Å². The molecule has 1 aliphatic rings. The molecule has 0 radical (unpaired) electrons. The average Bonchev–Trinajstić information content (AvgIpc) is 3.25. The van der Waals surface area contributed by atoms with Crippen LogP contribution in [0.2, 0.25) is 0 Å². The van der Waals surface area contributed by atoms with Crippen molar-refractivity contribution in [1.29, 1.82) is 0 Å². The Balaban J connectivity index is 1.47. The van der Waals surface area contributed by atoms with Gasteiger partial charge in [0, 0.05) is 17.5 Å². The van der Waals surface area contributed by atoms with Crippen LogP contribution in [0.4, 0.5) is 11.6 Å². The fourth-order valence-corrected chi connectivity index (χ4v) is 5.33. The van der Waals surface area contributed by atoms with Gasteiger partial charge in [-0.3, -0.25) is 4.79 Å². The Labute approximate surface area is 210 Å². The highest BCUT2D eigenvalue weighted by Crippen LogP contribution is 2.38. The Hall–Kier alpha value is -3.58. The summed E-state index contributed by atoms with van der Waals surface area (Å²) >= 11 is 1.61. The van der Waals surface area contributed by atoms with Gasteiger partial charge in [0.25, 0.3) is 0 Å². The first-order valence-electron chi connectivity index (χ1n) is 11.8. The predicted molar refractivity (Wildman–Crippen MR) is 142 cm³/mol. The monoisotopic (exact) mass is 483 g/mol. The standard InChI is InChI=1S/C28H29N5OS/c1-18-12-14-22(15-13-18)25-24(26(34)30-23-10-5-4-6-11-23)20(3)29-27-31-28(32-33(25)27)35-17-21-9-7-8-19(2)16-21/h4-16,20,24-25H,17H2,1-3H3,(H,30,34)(H,29,31,32). The van der Waals surface area contributed by atoms with Crippen molar-refractivity contribution in [3.63, 3.8) is 0 Å². The van der Waals surface area contributed by atoms with E-state index in [1.807, 2.05) is 41.9 Å². The maximum absolute atomic E-state index is 13.6. The number of benzene rings is 3. The highest BCUT2D eigenvalue weighted by Gasteiger charge is 2.42. The van der Waals surface area contributed by atoms with Gasteiger partial charge in [-0.2, -0.15) is 4.98 Å². The number of fused-ring (bicyclic) bond motifs is 1. The van der Waals surface area contributed by atoms with Crippen LogP contribution >= 0.6 is 11.8 Å². The molecule has 2 N–H and O–H groups in total. The minimum atomic E-state index is -0.373. The van der Waals surface area contributed by atoms with E-state index in [2.05, 4.69) is 73.0 Å². The Bertz CT molecular complexity index is 1320. The van der Waals surface area contributed by atoms with Crippen LogP contribution in [0.3, 0.4) is 0 Å². The van der Waals surface area contributed by atoms with Gasteiger partial charge >= 0.3 is 0 Å². The smallest absolute Gasteiger partial charge is 0.232 e. The number of aromatic nitrogens is 3. The lowest BCUT2D eigenvalue weighted by Gasteiger charge is -2.36. The summed E-state index contributed by atoms with van der Waals surface area (Å²) in [6.45, 7) is 6.20. The summed E-state index contributed by atoms with van der Waals surface area (Å²) in [5.74, 6) is 1.06. The van der Waals surface area contributed by atoms with Crippen molar-refractivity contribution in [3.05, 3.63) is 101 Å². The SMILES string of the molecule is Cc1ccc(C2C(C(=O)Nc3ccccc3)C(C)Nc3nc(SCc4cccc(C)c4)nn32)cc1. The average molecular weight is 484 g/mol. The van der Waals surface area contributed by atoms with Gasteiger partial charge in [0.15, 0.2) is 0 Å². The predicted octanol–water partition coefficient (Wildman–Crippen LogP) is 5.85. The number of carbonyl (C=O) groups excluding carboxylic acids is 1. The summed E-state index contributed by atoms with van der Waals surface area (Å²) in [7, 11) is 0. The molecule has 1 aliphatic heterocycles. The summed E-state index contributed by atoms with van der Waals surface area (Å²) in [6, 6.07) is 26.0. The first-order chi connectivity index (χ1) is 17.0. The zero-order valence-corrected chi connectivity index (χ0v) is 20.9. The molecule has 3 aromatic carbocycles. The van der Waals surface area contributed by atoms with Crippen molar-refractivity contribution in [1.82, 2.24) is 14.8 Å². The van der Waals surface area contributed by atoms with Crippen molar-refractivity contribution in [2.45, 2.75) is 43.8 Å². The number of aryl methyl sites for hydroxylation is 2. The molecule has 35 heavy (non-hydrogen) atoms. The lowest BCUT2D eigenvalue weighted by molar-refractivity contribution is -0.121. The Morgan fingerprint density at radius 2 is 1.77 bits per heavy atom. The molecular formula is C28H29N5OS. The van der Waals surface area contributed by atoms with E-state index < -0.39 is 0 Å². The molecule has 1 aromatic heterocycles. The van der Waals surface area contributed by atoms with E-state index in [1.165, 1.54) is 16.7 Å². The van der Waals surface area contributed by atoms with Crippen molar-refractivity contribution >= 4 is 29.3 Å². The van der Waals surface area contributed by atoms with Crippen molar-refractivity contribution in [2.75, 3.05) is 10.6 Å². The molecule has 1 amide bonds. The molecule has 5 rings (SSSR count). The number of anilines is 2. The Morgan fingerprint density at radius 3 is 2.51 bits per heavy atom. The molecule has 0 saturated carbocycles. The number of para-hydroxylation sites is 1. The van der Waals surface area contributed by atoms with Gasteiger partial charge in [-0.1, -0.05) is 89.6 Å². The van der Waals surface area contributed by atoms with Crippen LogP contribution in [0.1, 0.15) is 35.2 Å². The normalized spacial score (nSPS) is 19.0. The van der Waals surface area contributed by atoms with E-state index in [-0.39, 0.29) is 23.9 Å². The number of carbonyl (C=O) groups is 1. The fourth-order valence-electron chi connectivity index (χ4n) is 4.56. The minimum absolute atomic E-state index is 0.0445. The molecule has 3 unspecified atom stereocenters.